The van der Waals surface area contributed by atoms with Crippen molar-refractivity contribution in [2.45, 2.75) is 13.0 Å². The maximum Gasteiger partial charge on any atom is 0.119 e. The van der Waals surface area contributed by atoms with Crippen molar-refractivity contribution in [2.75, 3.05) is 19.1 Å². The molecule has 0 bridgehead atoms. The third-order valence-corrected chi connectivity index (χ3v) is 3.95. The van der Waals surface area contributed by atoms with Gasteiger partial charge in [0.25, 0.3) is 0 Å². The number of methoxy groups -OCH3 is 1. The number of nitrogens with two attached hydrogens (primary N) is 1. The summed E-state index contributed by atoms with van der Waals surface area (Å²) in [7, 11) is 3.70. The zero-order chi connectivity index (χ0) is 14.7. The summed E-state index contributed by atoms with van der Waals surface area (Å²) in [6.45, 7) is 1.98. The lowest BCUT2D eigenvalue weighted by atomic mass is 10.1. The predicted molar refractivity (Wildman–Crippen MR) is 87.8 cm³/mol. The van der Waals surface area contributed by atoms with Crippen LogP contribution in [0, 0.1) is 0 Å². The second kappa shape index (κ2) is 6.29. The number of hydrogen-bond donors (Lipinski definition) is 1. The molecule has 0 aliphatic carbocycles. The number of nitrogens with zero attached hydrogens (tertiary/aromatic N) is 1. The predicted octanol–water partition coefficient (Wildman–Crippen LogP) is 4.25. The zero-order valence-corrected chi connectivity index (χ0v) is 13.5. The molecule has 20 heavy (non-hydrogen) atoms. The molecule has 0 amide bonds. The van der Waals surface area contributed by atoms with Crippen molar-refractivity contribution in [1.29, 1.82) is 0 Å². The van der Waals surface area contributed by atoms with Crippen LogP contribution in [0.1, 0.15) is 18.5 Å². The maximum absolute atomic E-state index is 5.90. The van der Waals surface area contributed by atoms with Crippen LogP contribution in [0.2, 0.25) is 0 Å². The van der Waals surface area contributed by atoms with Crippen molar-refractivity contribution in [3.05, 3.63) is 52.5 Å². The van der Waals surface area contributed by atoms with Gasteiger partial charge in [-0.25, -0.2) is 0 Å². The van der Waals surface area contributed by atoms with E-state index in [0.717, 1.165) is 27.2 Å². The summed E-state index contributed by atoms with van der Waals surface area (Å²) < 4.78 is 6.21. The fourth-order valence-corrected chi connectivity index (χ4v) is 2.69. The standard InChI is InChI=1S/C16H19BrN2O/c1-11(18)12-4-9-16(15(17)10-12)19(2)13-5-7-14(20-3)8-6-13/h4-11H,18H2,1-3H3/t11-/m0/s1. The monoisotopic (exact) mass is 334 g/mol. The number of hydrogen-bond acceptors (Lipinski definition) is 3. The highest BCUT2D eigenvalue weighted by Gasteiger charge is 2.10. The summed E-state index contributed by atoms with van der Waals surface area (Å²) in [6.07, 6.45) is 0. The lowest BCUT2D eigenvalue weighted by molar-refractivity contribution is 0.415. The molecule has 2 aromatic carbocycles. The zero-order valence-electron chi connectivity index (χ0n) is 11.9. The molecule has 0 aliphatic heterocycles. The fraction of sp³-hybridized carbons (Fsp3) is 0.250. The van der Waals surface area contributed by atoms with E-state index in [1.165, 1.54) is 0 Å². The van der Waals surface area contributed by atoms with Gasteiger partial charge >= 0.3 is 0 Å². The van der Waals surface area contributed by atoms with E-state index in [1.807, 2.05) is 38.2 Å². The van der Waals surface area contributed by atoms with Gasteiger partial charge in [-0.2, -0.15) is 0 Å². The van der Waals surface area contributed by atoms with Crippen LogP contribution in [0.5, 0.6) is 5.75 Å². The van der Waals surface area contributed by atoms with Crippen molar-refractivity contribution < 1.29 is 4.74 Å². The molecule has 0 aliphatic rings. The lowest BCUT2D eigenvalue weighted by Crippen LogP contribution is -2.11. The van der Waals surface area contributed by atoms with Crippen molar-refractivity contribution in [1.82, 2.24) is 0 Å². The molecule has 0 aromatic heterocycles. The number of benzene rings is 2. The van der Waals surface area contributed by atoms with E-state index in [0.29, 0.717) is 0 Å². The SMILES string of the molecule is COc1ccc(N(C)c2ccc([C@H](C)N)cc2Br)cc1. The Hall–Kier alpha value is -1.52. The molecular formula is C16H19BrN2O. The van der Waals surface area contributed by atoms with Crippen LogP contribution in [0.3, 0.4) is 0 Å². The molecule has 0 spiro atoms. The highest BCUT2D eigenvalue weighted by atomic mass is 79.9. The van der Waals surface area contributed by atoms with E-state index in [2.05, 4.69) is 39.0 Å². The van der Waals surface area contributed by atoms with E-state index >= 15 is 0 Å². The topological polar surface area (TPSA) is 38.5 Å². The molecule has 0 heterocycles. The smallest absolute Gasteiger partial charge is 0.119 e. The first kappa shape index (κ1) is 14.9. The third-order valence-electron chi connectivity index (χ3n) is 3.32. The largest absolute Gasteiger partial charge is 0.497 e. The van der Waals surface area contributed by atoms with Crippen LogP contribution >= 0.6 is 15.9 Å². The Labute approximate surface area is 128 Å². The van der Waals surface area contributed by atoms with E-state index in [9.17, 15) is 0 Å². The van der Waals surface area contributed by atoms with Crippen LogP contribution in [0.15, 0.2) is 46.9 Å². The Morgan fingerprint density at radius 1 is 1.15 bits per heavy atom. The first-order valence-electron chi connectivity index (χ1n) is 6.45. The number of ether oxygens (including phenoxy) is 1. The van der Waals surface area contributed by atoms with Crippen LogP contribution in [0.4, 0.5) is 11.4 Å². The number of halogens is 1. The molecule has 3 nitrogen and oxygen atoms in total. The van der Waals surface area contributed by atoms with Gasteiger partial charge in [0, 0.05) is 23.2 Å². The highest BCUT2D eigenvalue weighted by molar-refractivity contribution is 9.10. The molecule has 2 aromatic rings. The molecule has 2 N–H and O–H groups in total. The Bertz CT molecular complexity index is 582. The van der Waals surface area contributed by atoms with E-state index in [1.54, 1.807) is 7.11 Å². The fourth-order valence-electron chi connectivity index (χ4n) is 2.02. The van der Waals surface area contributed by atoms with E-state index < -0.39 is 0 Å². The Morgan fingerprint density at radius 2 is 1.80 bits per heavy atom. The molecule has 1 atom stereocenters. The highest BCUT2D eigenvalue weighted by Crippen LogP contribution is 2.33. The Kier molecular flexibility index (Phi) is 4.68. The number of rotatable bonds is 4. The molecule has 0 unspecified atom stereocenters. The summed E-state index contributed by atoms with van der Waals surface area (Å²) in [5.74, 6) is 0.855. The molecule has 4 heteroatoms. The number of anilines is 2. The summed E-state index contributed by atoms with van der Waals surface area (Å²) in [6, 6.07) is 14.2. The third kappa shape index (κ3) is 3.14. The van der Waals surface area contributed by atoms with Gasteiger partial charge in [0.05, 0.1) is 12.8 Å². The molecular weight excluding hydrogens is 316 g/mol. The Balaban J connectivity index is 2.30. The van der Waals surface area contributed by atoms with Crippen molar-refractivity contribution in [3.63, 3.8) is 0 Å². The Morgan fingerprint density at radius 3 is 2.30 bits per heavy atom. The summed E-state index contributed by atoms with van der Waals surface area (Å²) in [5, 5.41) is 0. The minimum Gasteiger partial charge on any atom is -0.497 e. The first-order valence-corrected chi connectivity index (χ1v) is 7.25. The van der Waals surface area contributed by atoms with Gasteiger partial charge in [-0.3, -0.25) is 0 Å². The van der Waals surface area contributed by atoms with Gasteiger partial charge in [0.1, 0.15) is 5.75 Å². The molecule has 2 rings (SSSR count). The van der Waals surface area contributed by atoms with Crippen molar-refractivity contribution in [3.8, 4) is 5.75 Å². The first-order chi connectivity index (χ1) is 9.52. The minimum absolute atomic E-state index is 0.0339. The minimum atomic E-state index is 0.0339. The second-order valence-electron chi connectivity index (χ2n) is 4.76. The lowest BCUT2D eigenvalue weighted by Gasteiger charge is -2.22. The van der Waals surface area contributed by atoms with Gasteiger partial charge < -0.3 is 15.4 Å². The van der Waals surface area contributed by atoms with Crippen molar-refractivity contribution in [2.24, 2.45) is 5.73 Å². The van der Waals surface area contributed by atoms with Gasteiger partial charge in [-0.1, -0.05) is 6.07 Å². The molecule has 106 valence electrons. The van der Waals surface area contributed by atoms with Gasteiger partial charge in [-0.05, 0) is 64.8 Å². The molecule has 0 radical (unpaired) electrons. The van der Waals surface area contributed by atoms with Gasteiger partial charge in [-0.15, -0.1) is 0 Å². The second-order valence-corrected chi connectivity index (χ2v) is 5.61. The average molecular weight is 335 g/mol. The molecule has 0 fully saturated rings. The van der Waals surface area contributed by atoms with Crippen LogP contribution in [-0.2, 0) is 0 Å². The average Bonchev–Trinajstić information content (AvgIpc) is 2.46. The van der Waals surface area contributed by atoms with Gasteiger partial charge in [0.15, 0.2) is 0 Å². The van der Waals surface area contributed by atoms with Gasteiger partial charge in [0.2, 0.25) is 0 Å². The quantitative estimate of drug-likeness (QED) is 0.908. The normalized spacial score (nSPS) is 12.1. The summed E-state index contributed by atoms with van der Waals surface area (Å²) >= 11 is 3.62. The van der Waals surface area contributed by atoms with Crippen molar-refractivity contribution >= 4 is 27.3 Å². The molecule has 0 saturated heterocycles. The maximum atomic E-state index is 5.90. The van der Waals surface area contributed by atoms with Crippen LogP contribution < -0.4 is 15.4 Å². The summed E-state index contributed by atoms with van der Waals surface area (Å²) in [4.78, 5) is 2.12. The van der Waals surface area contributed by atoms with E-state index in [-0.39, 0.29) is 6.04 Å². The molecule has 0 saturated carbocycles. The van der Waals surface area contributed by atoms with Crippen LogP contribution in [-0.4, -0.2) is 14.2 Å². The summed E-state index contributed by atoms with van der Waals surface area (Å²) in [5.41, 5.74) is 9.21. The van der Waals surface area contributed by atoms with Crippen LogP contribution in [0.25, 0.3) is 0 Å². The van der Waals surface area contributed by atoms with E-state index in [4.69, 9.17) is 10.5 Å².